The van der Waals surface area contributed by atoms with Gasteiger partial charge in [0, 0.05) is 25.6 Å². The molecule has 3 rings (SSSR count). The van der Waals surface area contributed by atoms with Gasteiger partial charge in [-0.3, -0.25) is 9.78 Å². The average Bonchev–Trinajstić information content (AvgIpc) is 3.11. The number of aryl methyl sites for hydroxylation is 1. The van der Waals surface area contributed by atoms with E-state index in [2.05, 4.69) is 25.8 Å². The van der Waals surface area contributed by atoms with Crippen LogP contribution in [0, 0.1) is 5.92 Å². The number of carbonyl (C=O) groups is 1. The molecule has 0 aliphatic carbocycles. The second kappa shape index (κ2) is 8.54. The summed E-state index contributed by atoms with van der Waals surface area (Å²) in [6.07, 6.45) is 5.99. The summed E-state index contributed by atoms with van der Waals surface area (Å²) in [4.78, 5) is 20.4. The number of aromatic nitrogens is 3. The second-order valence-corrected chi connectivity index (χ2v) is 6.08. The van der Waals surface area contributed by atoms with E-state index >= 15 is 0 Å². The van der Waals surface area contributed by atoms with Crippen molar-refractivity contribution in [3.05, 3.63) is 30.3 Å². The van der Waals surface area contributed by atoms with Gasteiger partial charge in [0.2, 0.25) is 17.6 Å². The molecule has 1 unspecified atom stereocenters. The standard InChI is InChI=1S/C17H23N5O2/c23-15(20-11-8-13-4-3-9-18-12-13)6-7-16-21-17(22-24-16)14-5-1-2-10-19-14/h1-2,5,10,13,18H,3-4,6-9,11-12H2,(H,20,23). The zero-order valence-corrected chi connectivity index (χ0v) is 13.7. The Balaban J connectivity index is 1.38. The van der Waals surface area contributed by atoms with Gasteiger partial charge < -0.3 is 15.2 Å². The van der Waals surface area contributed by atoms with Crippen molar-refractivity contribution in [1.29, 1.82) is 0 Å². The molecule has 0 aromatic carbocycles. The van der Waals surface area contributed by atoms with Crippen LogP contribution < -0.4 is 10.6 Å². The Labute approximate surface area is 141 Å². The first-order valence-electron chi connectivity index (χ1n) is 8.52. The molecule has 2 aromatic rings. The number of piperidine rings is 1. The van der Waals surface area contributed by atoms with Crippen molar-refractivity contribution < 1.29 is 9.32 Å². The SMILES string of the molecule is O=C(CCc1nc(-c2ccccn2)no1)NCCC1CCCNC1. The van der Waals surface area contributed by atoms with E-state index in [0.717, 1.165) is 26.1 Å². The van der Waals surface area contributed by atoms with Gasteiger partial charge in [0.05, 0.1) is 0 Å². The van der Waals surface area contributed by atoms with Crippen molar-refractivity contribution in [3.8, 4) is 11.5 Å². The van der Waals surface area contributed by atoms with Gasteiger partial charge in [0.1, 0.15) is 5.69 Å². The molecule has 128 valence electrons. The normalized spacial score (nSPS) is 17.6. The number of pyridine rings is 1. The molecule has 1 amide bonds. The van der Waals surface area contributed by atoms with E-state index in [1.165, 1.54) is 12.8 Å². The van der Waals surface area contributed by atoms with Crippen molar-refractivity contribution >= 4 is 5.91 Å². The van der Waals surface area contributed by atoms with E-state index in [4.69, 9.17) is 4.52 Å². The number of amides is 1. The molecule has 2 N–H and O–H groups in total. The molecule has 1 saturated heterocycles. The Kier molecular flexibility index (Phi) is 5.90. The highest BCUT2D eigenvalue weighted by Crippen LogP contribution is 2.14. The van der Waals surface area contributed by atoms with Gasteiger partial charge in [0.15, 0.2) is 0 Å². The zero-order chi connectivity index (χ0) is 16.6. The lowest BCUT2D eigenvalue weighted by atomic mass is 9.96. The van der Waals surface area contributed by atoms with Crippen LogP contribution in [0.1, 0.15) is 31.6 Å². The van der Waals surface area contributed by atoms with E-state index in [0.29, 0.717) is 36.2 Å². The number of hydrogen-bond donors (Lipinski definition) is 2. The third kappa shape index (κ3) is 4.86. The van der Waals surface area contributed by atoms with Crippen LogP contribution in [-0.2, 0) is 11.2 Å². The van der Waals surface area contributed by atoms with Crippen LogP contribution in [0.2, 0.25) is 0 Å². The predicted molar refractivity (Wildman–Crippen MR) is 89.1 cm³/mol. The molecular weight excluding hydrogens is 306 g/mol. The summed E-state index contributed by atoms with van der Waals surface area (Å²) in [6, 6.07) is 5.52. The third-order valence-electron chi connectivity index (χ3n) is 4.20. The van der Waals surface area contributed by atoms with Crippen LogP contribution >= 0.6 is 0 Å². The Bertz CT molecular complexity index is 637. The van der Waals surface area contributed by atoms with Gasteiger partial charge in [-0.05, 0) is 50.4 Å². The molecule has 1 aliphatic rings. The quantitative estimate of drug-likeness (QED) is 0.801. The molecule has 3 heterocycles. The molecule has 1 atom stereocenters. The van der Waals surface area contributed by atoms with Crippen molar-refractivity contribution in [2.45, 2.75) is 32.1 Å². The second-order valence-electron chi connectivity index (χ2n) is 6.08. The first kappa shape index (κ1) is 16.6. The smallest absolute Gasteiger partial charge is 0.227 e. The maximum absolute atomic E-state index is 11.9. The molecule has 24 heavy (non-hydrogen) atoms. The minimum absolute atomic E-state index is 0.0244. The van der Waals surface area contributed by atoms with Gasteiger partial charge in [-0.25, -0.2) is 0 Å². The minimum Gasteiger partial charge on any atom is -0.356 e. The largest absolute Gasteiger partial charge is 0.356 e. The van der Waals surface area contributed by atoms with Crippen LogP contribution in [0.4, 0.5) is 0 Å². The number of carbonyl (C=O) groups excluding carboxylic acids is 1. The summed E-state index contributed by atoms with van der Waals surface area (Å²) in [5, 5.41) is 10.3. The summed E-state index contributed by atoms with van der Waals surface area (Å²) in [5.74, 6) is 1.62. The van der Waals surface area contributed by atoms with Gasteiger partial charge in [-0.15, -0.1) is 0 Å². The van der Waals surface area contributed by atoms with Crippen LogP contribution in [0.25, 0.3) is 11.5 Å². The number of hydrogen-bond acceptors (Lipinski definition) is 6. The van der Waals surface area contributed by atoms with Crippen molar-refractivity contribution in [2.24, 2.45) is 5.92 Å². The van der Waals surface area contributed by atoms with E-state index in [-0.39, 0.29) is 5.91 Å². The summed E-state index contributed by atoms with van der Waals surface area (Å²) in [5.41, 5.74) is 0.665. The Morgan fingerprint density at radius 2 is 2.38 bits per heavy atom. The van der Waals surface area contributed by atoms with E-state index in [9.17, 15) is 4.79 Å². The Morgan fingerprint density at radius 3 is 3.17 bits per heavy atom. The lowest BCUT2D eigenvalue weighted by Crippen LogP contribution is -2.33. The summed E-state index contributed by atoms with van der Waals surface area (Å²) in [6.45, 7) is 2.91. The summed E-state index contributed by atoms with van der Waals surface area (Å²) < 4.78 is 5.18. The molecule has 7 nitrogen and oxygen atoms in total. The van der Waals surface area contributed by atoms with Crippen LogP contribution in [0.3, 0.4) is 0 Å². The molecule has 0 saturated carbocycles. The summed E-state index contributed by atoms with van der Waals surface area (Å²) >= 11 is 0. The highest BCUT2D eigenvalue weighted by atomic mass is 16.5. The predicted octanol–water partition coefficient (Wildman–Crippen LogP) is 1.57. The van der Waals surface area contributed by atoms with E-state index < -0.39 is 0 Å². The van der Waals surface area contributed by atoms with Gasteiger partial charge in [0.25, 0.3) is 0 Å². The lowest BCUT2D eigenvalue weighted by Gasteiger charge is -2.22. The third-order valence-corrected chi connectivity index (χ3v) is 4.20. The maximum Gasteiger partial charge on any atom is 0.227 e. The van der Waals surface area contributed by atoms with Crippen molar-refractivity contribution in [2.75, 3.05) is 19.6 Å². The average molecular weight is 329 g/mol. The highest BCUT2D eigenvalue weighted by molar-refractivity contribution is 5.75. The van der Waals surface area contributed by atoms with E-state index in [1.54, 1.807) is 6.20 Å². The van der Waals surface area contributed by atoms with E-state index in [1.807, 2.05) is 18.2 Å². The van der Waals surface area contributed by atoms with Crippen LogP contribution in [0.5, 0.6) is 0 Å². The molecule has 0 radical (unpaired) electrons. The first-order chi connectivity index (χ1) is 11.8. The molecule has 2 aromatic heterocycles. The lowest BCUT2D eigenvalue weighted by molar-refractivity contribution is -0.121. The molecule has 1 fully saturated rings. The zero-order valence-electron chi connectivity index (χ0n) is 13.7. The topological polar surface area (TPSA) is 92.9 Å². The fourth-order valence-electron chi connectivity index (χ4n) is 2.85. The minimum atomic E-state index is 0.0244. The molecule has 7 heteroatoms. The monoisotopic (exact) mass is 329 g/mol. The Hall–Kier alpha value is -2.28. The number of rotatable bonds is 7. The summed E-state index contributed by atoms with van der Waals surface area (Å²) in [7, 11) is 0. The first-order valence-corrected chi connectivity index (χ1v) is 8.52. The Morgan fingerprint density at radius 1 is 1.42 bits per heavy atom. The molecular formula is C17H23N5O2. The van der Waals surface area contributed by atoms with Crippen LogP contribution in [-0.4, -0.2) is 40.7 Å². The molecule has 1 aliphatic heterocycles. The van der Waals surface area contributed by atoms with Crippen molar-refractivity contribution in [3.63, 3.8) is 0 Å². The maximum atomic E-state index is 11.9. The fourth-order valence-corrected chi connectivity index (χ4v) is 2.85. The van der Waals surface area contributed by atoms with Gasteiger partial charge in [-0.1, -0.05) is 11.2 Å². The molecule has 0 bridgehead atoms. The fraction of sp³-hybridized carbons (Fsp3) is 0.529. The number of nitrogens with zero attached hydrogens (tertiary/aromatic N) is 3. The van der Waals surface area contributed by atoms with Crippen LogP contribution in [0.15, 0.2) is 28.9 Å². The number of nitrogens with one attached hydrogen (secondary N) is 2. The highest BCUT2D eigenvalue weighted by Gasteiger charge is 2.14. The van der Waals surface area contributed by atoms with Crippen molar-refractivity contribution in [1.82, 2.24) is 25.8 Å². The molecule has 0 spiro atoms. The van der Waals surface area contributed by atoms with Gasteiger partial charge >= 0.3 is 0 Å². The van der Waals surface area contributed by atoms with Gasteiger partial charge in [-0.2, -0.15) is 4.98 Å².